The van der Waals surface area contributed by atoms with Gasteiger partial charge in [-0.05, 0) is 145 Å². The predicted molar refractivity (Wildman–Crippen MR) is 258 cm³/mol. The highest BCUT2D eigenvalue weighted by Crippen LogP contribution is 2.45. The Labute approximate surface area is 399 Å². The molecule has 0 aliphatic heterocycles. The summed E-state index contributed by atoms with van der Waals surface area (Å²) in [4.78, 5) is 32.2. The van der Waals surface area contributed by atoms with E-state index in [9.17, 15) is 29.5 Å². The molecule has 0 bridgehead atoms. The van der Waals surface area contributed by atoms with E-state index in [2.05, 4.69) is 54.0 Å². The fraction of sp³-hybridized carbons (Fsp3) is 0.615. The zero-order valence-corrected chi connectivity index (χ0v) is 41.1. The lowest BCUT2D eigenvalue weighted by molar-refractivity contribution is -0.937. The third-order valence-corrected chi connectivity index (χ3v) is 14.3. The van der Waals surface area contributed by atoms with Crippen molar-refractivity contribution < 1.29 is 56.9 Å². The number of nitriles is 1. The number of phosphoric acid groups is 1. The lowest BCUT2D eigenvalue weighted by Gasteiger charge is -2.37. The molecule has 0 radical (unpaired) electrons. The SMILES string of the molecule is CC[N+](CC)(CCOC(=O)C1CCC(C#N)(c2ccc(OC)c(OC3CCCC3)c2)CC1)Cc1ccc(C(O)CNCCCCCCOCCCCc2ccccc2)cc1OCOP(=O)(O)O. The van der Waals surface area contributed by atoms with E-state index in [1.165, 1.54) is 5.56 Å². The van der Waals surface area contributed by atoms with Crippen LogP contribution < -0.4 is 19.5 Å². The van der Waals surface area contributed by atoms with Crippen LogP contribution in [0.2, 0.25) is 0 Å². The summed E-state index contributed by atoms with van der Waals surface area (Å²) in [5, 5.41) is 25.0. The lowest BCUT2D eigenvalue weighted by atomic mass is 9.67. The number of nitrogens with zero attached hydrogens (tertiary/aromatic N) is 2. The second-order valence-electron chi connectivity index (χ2n) is 18.3. The van der Waals surface area contributed by atoms with Gasteiger partial charge in [0, 0.05) is 25.3 Å². The van der Waals surface area contributed by atoms with Crippen LogP contribution in [0.1, 0.15) is 132 Å². The average Bonchev–Trinajstić information content (AvgIpc) is 3.86. The number of unbranched alkanes of at least 4 members (excludes halogenated alkanes) is 4. The number of nitrogens with one attached hydrogen (secondary N) is 1. The number of phosphoric ester groups is 1. The van der Waals surface area contributed by atoms with Crippen LogP contribution in [0.4, 0.5) is 0 Å². The summed E-state index contributed by atoms with van der Waals surface area (Å²) < 4.78 is 46.2. The Morgan fingerprint density at radius 2 is 1.60 bits per heavy atom. The minimum atomic E-state index is -4.79. The maximum Gasteiger partial charge on any atom is 0.472 e. The van der Waals surface area contributed by atoms with Crippen LogP contribution in [0.3, 0.4) is 0 Å². The number of carbonyl (C=O) groups excluding carboxylic acids is 1. The number of aryl methyl sites for hydroxylation is 1. The van der Waals surface area contributed by atoms with Gasteiger partial charge in [0.05, 0.1) is 49.8 Å². The van der Waals surface area contributed by atoms with Crippen LogP contribution in [0.15, 0.2) is 66.7 Å². The molecule has 1 atom stereocenters. The van der Waals surface area contributed by atoms with Gasteiger partial charge in [-0.25, -0.2) is 9.09 Å². The zero-order chi connectivity index (χ0) is 48.0. The van der Waals surface area contributed by atoms with Gasteiger partial charge < -0.3 is 48.4 Å². The van der Waals surface area contributed by atoms with Crippen molar-refractivity contribution in [1.29, 1.82) is 5.26 Å². The number of hydrogen-bond acceptors (Lipinski definition) is 11. The first-order chi connectivity index (χ1) is 32.4. The smallest absolute Gasteiger partial charge is 0.472 e. The number of hydrogen-bond donors (Lipinski definition) is 4. The topological polar surface area (TPSA) is 186 Å². The van der Waals surface area contributed by atoms with Crippen molar-refractivity contribution in [3.05, 3.63) is 89.0 Å². The molecule has 370 valence electrons. The van der Waals surface area contributed by atoms with E-state index < -0.39 is 26.1 Å². The Morgan fingerprint density at radius 1 is 0.881 bits per heavy atom. The molecular formula is C52H77N3O11P+. The number of esters is 1. The van der Waals surface area contributed by atoms with Gasteiger partial charge >= 0.3 is 13.8 Å². The van der Waals surface area contributed by atoms with E-state index in [4.69, 9.17) is 23.7 Å². The third-order valence-electron chi connectivity index (χ3n) is 13.8. The molecule has 0 amide bonds. The molecule has 3 aromatic carbocycles. The van der Waals surface area contributed by atoms with E-state index in [-0.39, 0.29) is 24.6 Å². The summed E-state index contributed by atoms with van der Waals surface area (Å²) in [6, 6.07) is 24.3. The quantitative estimate of drug-likeness (QED) is 0.0157. The van der Waals surface area contributed by atoms with Crippen LogP contribution >= 0.6 is 7.82 Å². The fourth-order valence-electron chi connectivity index (χ4n) is 9.37. The van der Waals surface area contributed by atoms with Gasteiger partial charge in [-0.15, -0.1) is 0 Å². The summed E-state index contributed by atoms with van der Waals surface area (Å²) in [5.41, 5.74) is 2.89. The molecule has 0 heterocycles. The number of aliphatic hydroxyl groups excluding tert-OH is 1. The number of benzene rings is 3. The van der Waals surface area contributed by atoms with E-state index >= 15 is 0 Å². The van der Waals surface area contributed by atoms with Gasteiger partial charge in [-0.2, -0.15) is 5.26 Å². The molecule has 2 aliphatic carbocycles. The van der Waals surface area contributed by atoms with E-state index in [0.29, 0.717) is 85.7 Å². The molecule has 67 heavy (non-hydrogen) atoms. The minimum absolute atomic E-state index is 0.150. The van der Waals surface area contributed by atoms with Gasteiger partial charge in [0.2, 0.25) is 0 Å². The molecule has 14 nitrogen and oxygen atoms in total. The molecule has 5 rings (SSSR count). The van der Waals surface area contributed by atoms with Crippen molar-refractivity contribution in [3.8, 4) is 23.3 Å². The monoisotopic (exact) mass is 951 g/mol. The molecule has 1 unspecified atom stereocenters. The molecule has 2 saturated carbocycles. The Morgan fingerprint density at radius 3 is 2.28 bits per heavy atom. The number of methoxy groups -OCH3 is 1. The van der Waals surface area contributed by atoms with E-state index in [1.54, 1.807) is 13.2 Å². The summed E-state index contributed by atoms with van der Waals surface area (Å²) in [7, 11) is -3.17. The van der Waals surface area contributed by atoms with Gasteiger partial charge in [-0.1, -0.05) is 55.3 Å². The van der Waals surface area contributed by atoms with Crippen LogP contribution in [-0.4, -0.2) is 97.9 Å². The molecule has 2 fully saturated rings. The zero-order valence-electron chi connectivity index (χ0n) is 40.2. The van der Waals surface area contributed by atoms with Crippen LogP contribution in [0.5, 0.6) is 17.2 Å². The number of rotatable bonds is 31. The Balaban J connectivity index is 1.07. The van der Waals surface area contributed by atoms with E-state index in [1.807, 2.05) is 36.4 Å². The van der Waals surface area contributed by atoms with Crippen LogP contribution in [0, 0.1) is 17.2 Å². The van der Waals surface area contributed by atoms with E-state index in [0.717, 1.165) is 102 Å². The number of carbonyl (C=O) groups is 1. The van der Waals surface area contributed by atoms with Crippen LogP contribution in [-0.2, 0) is 41.7 Å². The predicted octanol–water partition coefficient (Wildman–Crippen LogP) is 9.24. The fourth-order valence-corrected chi connectivity index (χ4v) is 9.56. The average molecular weight is 951 g/mol. The molecule has 4 N–H and O–H groups in total. The summed E-state index contributed by atoms with van der Waals surface area (Å²) in [5.74, 6) is 1.11. The molecule has 0 spiro atoms. The molecule has 2 aliphatic rings. The molecule has 0 saturated heterocycles. The van der Waals surface area contributed by atoms with Crippen molar-refractivity contribution >= 4 is 13.8 Å². The molecule has 15 heteroatoms. The second kappa shape index (κ2) is 27.8. The lowest BCUT2D eigenvalue weighted by Crippen LogP contribution is -2.49. The first-order valence-corrected chi connectivity index (χ1v) is 26.2. The van der Waals surface area contributed by atoms with Gasteiger partial charge in [0.1, 0.15) is 25.4 Å². The highest BCUT2D eigenvalue weighted by Gasteiger charge is 2.40. The maximum atomic E-state index is 13.5. The van der Waals surface area contributed by atoms with Crippen molar-refractivity contribution in [2.45, 2.75) is 134 Å². The van der Waals surface area contributed by atoms with Crippen LogP contribution in [0.25, 0.3) is 0 Å². The Hall–Kier alpha value is -4.03. The normalized spacial score (nSPS) is 18.3. The largest absolute Gasteiger partial charge is 0.493 e. The van der Waals surface area contributed by atoms with Crippen molar-refractivity contribution in [2.75, 3.05) is 66.4 Å². The van der Waals surface area contributed by atoms with Crippen molar-refractivity contribution in [3.63, 3.8) is 0 Å². The van der Waals surface area contributed by atoms with Crippen molar-refractivity contribution in [1.82, 2.24) is 5.32 Å². The molecule has 0 aromatic heterocycles. The standard InChI is InChI=1S/C52H76N3O11P/c1-4-55(5-2,31-34-63-51(57)42-26-28-52(39-53,29-27-42)45-24-25-48(61-3)50(36-45)66-46-20-11-12-21-46)38-44-23-22-43(35-49(44)64-40-65-67(58,59)60)47(56)37-54-30-14-6-7-15-32-62-33-16-13-19-41-17-9-8-10-18-41/h8-10,17-18,22-25,35-36,42,46-47,54,56H,4-7,11-16,19-21,26-34,37-38,40H2,1-3H3,(H-,58,59,60)/p+1. The number of likely N-dealkylation sites (N-methyl/N-ethyl adjacent to an activating group) is 1. The minimum Gasteiger partial charge on any atom is -0.493 e. The summed E-state index contributed by atoms with van der Waals surface area (Å²) in [6.07, 6.45) is 13.2. The second-order valence-corrected chi connectivity index (χ2v) is 19.6. The van der Waals surface area contributed by atoms with Crippen molar-refractivity contribution in [2.24, 2.45) is 5.92 Å². The summed E-state index contributed by atoms with van der Waals surface area (Å²) >= 11 is 0. The first-order valence-electron chi connectivity index (χ1n) is 24.7. The highest BCUT2D eigenvalue weighted by molar-refractivity contribution is 7.46. The highest BCUT2D eigenvalue weighted by atomic mass is 31.2. The number of quaternary nitrogens is 1. The number of ether oxygens (including phenoxy) is 5. The summed E-state index contributed by atoms with van der Waals surface area (Å²) in [6.45, 7) is 8.76. The van der Waals surface area contributed by atoms with Gasteiger partial charge in [0.25, 0.3) is 0 Å². The molecular weight excluding hydrogens is 874 g/mol. The molecule has 3 aromatic rings. The number of aliphatic hydroxyl groups is 1. The third kappa shape index (κ3) is 17.5. The maximum absolute atomic E-state index is 13.5. The first kappa shape index (κ1) is 53.9. The van der Waals surface area contributed by atoms with Gasteiger partial charge in [-0.3, -0.25) is 4.79 Å². The van der Waals surface area contributed by atoms with Gasteiger partial charge in [0.15, 0.2) is 18.3 Å². The Kier molecular flexibility index (Phi) is 22.4. The Bertz CT molecular complexity index is 2010.